The molecule has 0 fully saturated rings. The lowest BCUT2D eigenvalue weighted by Gasteiger charge is -2.27. The van der Waals surface area contributed by atoms with Crippen molar-refractivity contribution in [3.8, 4) is 0 Å². The number of thioether (sulfide) groups is 1. The van der Waals surface area contributed by atoms with Gasteiger partial charge in [-0.2, -0.15) is 0 Å². The Morgan fingerprint density at radius 1 is 1.22 bits per heavy atom. The van der Waals surface area contributed by atoms with Crippen LogP contribution in [0.2, 0.25) is 0 Å². The lowest BCUT2D eigenvalue weighted by Crippen LogP contribution is -2.42. The summed E-state index contributed by atoms with van der Waals surface area (Å²) in [6.07, 6.45) is 1.82. The number of benzene rings is 2. The number of hydrogen-bond donors (Lipinski definition) is 1. The zero-order chi connectivity index (χ0) is 22.8. The predicted molar refractivity (Wildman–Crippen MR) is 122 cm³/mol. The lowest BCUT2D eigenvalue weighted by molar-refractivity contribution is -0.124. The number of carbonyl (C=O) groups excluding carboxylic acids is 2. The summed E-state index contributed by atoms with van der Waals surface area (Å²) in [5.41, 5.74) is 1.21. The van der Waals surface area contributed by atoms with Crippen molar-refractivity contribution in [2.45, 2.75) is 44.4 Å². The second-order valence-electron chi connectivity index (χ2n) is 7.47. The molecular formula is C23H22F2N4O2S. The molecule has 0 saturated heterocycles. The fourth-order valence-electron chi connectivity index (χ4n) is 3.60. The molecule has 0 unspecified atom stereocenters. The average molecular weight is 457 g/mol. The third kappa shape index (κ3) is 4.17. The van der Waals surface area contributed by atoms with Gasteiger partial charge in [-0.3, -0.25) is 14.6 Å². The van der Waals surface area contributed by atoms with Gasteiger partial charge < -0.3 is 5.32 Å². The summed E-state index contributed by atoms with van der Waals surface area (Å²) in [6.45, 7) is 3.79. The van der Waals surface area contributed by atoms with Crippen LogP contribution in [0.1, 0.15) is 38.7 Å². The molecule has 0 spiro atoms. The summed E-state index contributed by atoms with van der Waals surface area (Å²) in [5, 5.41) is 2.12. The van der Waals surface area contributed by atoms with Gasteiger partial charge in [0, 0.05) is 11.6 Å². The number of halogens is 2. The van der Waals surface area contributed by atoms with Crippen molar-refractivity contribution >= 4 is 46.0 Å². The molecule has 0 aliphatic carbocycles. The normalized spacial score (nSPS) is 17.9. The molecule has 4 rings (SSSR count). The average Bonchev–Trinajstić information content (AvgIpc) is 3.11. The number of amides is 2. The van der Waals surface area contributed by atoms with Crippen molar-refractivity contribution in [2.75, 3.05) is 5.32 Å². The molecule has 9 heteroatoms. The molecule has 2 aliphatic heterocycles. The molecule has 32 heavy (non-hydrogen) atoms. The van der Waals surface area contributed by atoms with Gasteiger partial charge in [0.1, 0.15) is 23.5 Å². The second kappa shape index (κ2) is 9.20. The summed E-state index contributed by atoms with van der Waals surface area (Å²) < 4.78 is 27.5. The third-order valence-corrected chi connectivity index (χ3v) is 6.52. The van der Waals surface area contributed by atoms with Gasteiger partial charge in [0.25, 0.3) is 5.91 Å². The van der Waals surface area contributed by atoms with Crippen LogP contribution in [-0.4, -0.2) is 39.0 Å². The minimum absolute atomic E-state index is 0.172. The van der Waals surface area contributed by atoms with E-state index in [9.17, 15) is 18.4 Å². The number of nitrogens with zero attached hydrogens (tertiary/aromatic N) is 3. The molecule has 0 saturated carbocycles. The number of rotatable bonds is 6. The number of anilines is 1. The zero-order valence-electron chi connectivity index (χ0n) is 17.6. The van der Waals surface area contributed by atoms with E-state index in [-0.39, 0.29) is 11.6 Å². The molecular weight excluding hydrogens is 434 g/mol. The number of carbonyl (C=O) groups is 2. The van der Waals surface area contributed by atoms with Gasteiger partial charge in [-0.05, 0) is 37.1 Å². The number of fused-ring (bicyclic) bond motifs is 3. The molecule has 0 aromatic heterocycles. The van der Waals surface area contributed by atoms with Gasteiger partial charge in [0.2, 0.25) is 5.91 Å². The van der Waals surface area contributed by atoms with Crippen LogP contribution in [0.15, 0.2) is 52.4 Å². The molecule has 6 nitrogen and oxygen atoms in total. The van der Waals surface area contributed by atoms with Crippen molar-refractivity contribution in [3.63, 3.8) is 0 Å². The smallest absolute Gasteiger partial charge is 0.259 e. The fourth-order valence-corrected chi connectivity index (χ4v) is 4.62. The largest absolute Gasteiger partial charge is 0.323 e. The van der Waals surface area contributed by atoms with Gasteiger partial charge in [-0.15, -0.1) is 0 Å². The van der Waals surface area contributed by atoms with Gasteiger partial charge in [0.15, 0.2) is 5.17 Å². The maximum absolute atomic E-state index is 14.0. The molecule has 2 aromatic carbocycles. The fraction of sp³-hybridized carbons (Fsp3) is 0.304. The molecule has 1 N–H and O–H groups in total. The van der Waals surface area contributed by atoms with E-state index in [0.29, 0.717) is 29.5 Å². The first kappa shape index (κ1) is 22.1. The van der Waals surface area contributed by atoms with E-state index < -0.39 is 28.8 Å². The Kier molecular flexibility index (Phi) is 6.36. The SMILES string of the molecule is CCC[C@@H]1N=C2c3ccccc3N=C(S[C@@H](CC)C(=O)Nc3cc(F)ccc3F)N2C1=O. The molecule has 2 aliphatic rings. The van der Waals surface area contributed by atoms with E-state index in [1.807, 2.05) is 31.2 Å². The Morgan fingerprint density at radius 2 is 2.00 bits per heavy atom. The molecule has 166 valence electrons. The number of nitrogens with one attached hydrogen (secondary N) is 1. The molecule has 0 bridgehead atoms. The first-order valence-corrected chi connectivity index (χ1v) is 11.3. The minimum atomic E-state index is -0.727. The van der Waals surface area contributed by atoms with Crippen LogP contribution in [0.4, 0.5) is 20.2 Å². The summed E-state index contributed by atoms with van der Waals surface area (Å²) in [4.78, 5) is 36.7. The van der Waals surface area contributed by atoms with Crippen LogP contribution in [0.3, 0.4) is 0 Å². The van der Waals surface area contributed by atoms with Gasteiger partial charge in [0.05, 0.1) is 16.6 Å². The van der Waals surface area contributed by atoms with E-state index in [2.05, 4.69) is 15.3 Å². The topological polar surface area (TPSA) is 74.1 Å². The highest BCUT2D eigenvalue weighted by molar-refractivity contribution is 8.15. The van der Waals surface area contributed by atoms with Crippen molar-refractivity contribution in [2.24, 2.45) is 9.98 Å². The molecule has 2 amide bonds. The Balaban J connectivity index is 1.62. The molecule has 0 radical (unpaired) electrons. The summed E-state index contributed by atoms with van der Waals surface area (Å²) >= 11 is 1.11. The van der Waals surface area contributed by atoms with Crippen molar-refractivity contribution in [3.05, 3.63) is 59.7 Å². The van der Waals surface area contributed by atoms with Crippen molar-refractivity contribution < 1.29 is 18.4 Å². The maximum Gasteiger partial charge on any atom is 0.259 e. The van der Waals surface area contributed by atoms with Crippen molar-refractivity contribution in [1.29, 1.82) is 0 Å². The summed E-state index contributed by atoms with van der Waals surface area (Å²) in [7, 11) is 0. The Morgan fingerprint density at radius 3 is 2.75 bits per heavy atom. The monoisotopic (exact) mass is 456 g/mol. The summed E-state index contributed by atoms with van der Waals surface area (Å²) in [5.74, 6) is -1.52. The quantitative estimate of drug-likeness (QED) is 0.674. The van der Waals surface area contributed by atoms with Crippen LogP contribution in [0.5, 0.6) is 0 Å². The number of amidine groups is 2. The van der Waals surface area contributed by atoms with E-state index in [1.54, 1.807) is 6.92 Å². The van der Waals surface area contributed by atoms with Crippen LogP contribution in [0, 0.1) is 11.6 Å². The van der Waals surface area contributed by atoms with Crippen LogP contribution in [-0.2, 0) is 9.59 Å². The van der Waals surface area contributed by atoms with E-state index in [0.717, 1.165) is 41.9 Å². The Bertz CT molecular complexity index is 1130. The summed E-state index contributed by atoms with van der Waals surface area (Å²) in [6, 6.07) is 9.79. The third-order valence-electron chi connectivity index (χ3n) is 5.21. The highest BCUT2D eigenvalue weighted by Gasteiger charge is 2.42. The molecule has 2 heterocycles. The zero-order valence-corrected chi connectivity index (χ0v) is 18.5. The lowest BCUT2D eigenvalue weighted by atomic mass is 10.1. The van der Waals surface area contributed by atoms with E-state index >= 15 is 0 Å². The van der Waals surface area contributed by atoms with E-state index in [1.165, 1.54) is 4.90 Å². The van der Waals surface area contributed by atoms with Crippen LogP contribution in [0.25, 0.3) is 0 Å². The Hall–Kier alpha value is -3.07. The predicted octanol–water partition coefficient (Wildman–Crippen LogP) is 4.87. The molecule has 2 aromatic rings. The van der Waals surface area contributed by atoms with Gasteiger partial charge in [-0.1, -0.05) is 44.2 Å². The van der Waals surface area contributed by atoms with Crippen LogP contribution >= 0.6 is 11.8 Å². The highest BCUT2D eigenvalue weighted by atomic mass is 32.2. The number of aliphatic imine (C=N–C) groups is 2. The number of hydrogen-bond acceptors (Lipinski definition) is 5. The van der Waals surface area contributed by atoms with Gasteiger partial charge in [-0.25, -0.2) is 18.7 Å². The first-order chi connectivity index (χ1) is 15.4. The first-order valence-electron chi connectivity index (χ1n) is 10.4. The van der Waals surface area contributed by atoms with Gasteiger partial charge >= 0.3 is 0 Å². The standard InChI is InChI=1S/C23H22F2N4O2S/c1-3-7-17-22(31)29-20(26-17)14-8-5-6-9-16(14)28-23(29)32-19(4-2)21(30)27-18-12-13(24)10-11-15(18)25/h5-6,8-12,17,19H,3-4,7H2,1-2H3,(H,27,30)/t17-,19-/m0/s1. The molecule has 2 atom stereocenters. The Labute approximate surface area is 188 Å². The van der Waals surface area contributed by atoms with E-state index in [4.69, 9.17) is 0 Å². The minimum Gasteiger partial charge on any atom is -0.323 e. The second-order valence-corrected chi connectivity index (χ2v) is 8.64. The van der Waals surface area contributed by atoms with Crippen molar-refractivity contribution in [1.82, 2.24) is 4.90 Å². The number of para-hydroxylation sites is 1. The van der Waals surface area contributed by atoms with Crippen LogP contribution < -0.4 is 5.32 Å². The maximum atomic E-state index is 14.0. The highest BCUT2D eigenvalue weighted by Crippen LogP contribution is 2.36.